The molecule has 0 spiro atoms. The van der Waals surface area contributed by atoms with Gasteiger partial charge in [0.25, 0.3) is 10.0 Å². The summed E-state index contributed by atoms with van der Waals surface area (Å²) >= 11 is 0. The van der Waals surface area contributed by atoms with E-state index < -0.39 is 37.6 Å². The van der Waals surface area contributed by atoms with Gasteiger partial charge in [-0.15, -0.1) is 6.58 Å². The fourth-order valence-corrected chi connectivity index (χ4v) is 4.72. The SMILES string of the molecule is C=CC[C@@H]1CCC=C(OS(=O)(=O)C(F)(F)F)N1S(=O)(=O)c1ccc(C)cc1. The van der Waals surface area contributed by atoms with E-state index in [0.717, 1.165) is 11.6 Å². The second kappa shape index (κ2) is 7.55. The molecule has 1 aliphatic rings. The summed E-state index contributed by atoms with van der Waals surface area (Å²) < 4.78 is 91.7. The van der Waals surface area contributed by atoms with E-state index in [-0.39, 0.29) is 24.2 Å². The molecule has 2 rings (SSSR count). The van der Waals surface area contributed by atoms with Crippen LogP contribution < -0.4 is 0 Å². The molecule has 0 unspecified atom stereocenters. The molecule has 0 saturated carbocycles. The predicted octanol–water partition coefficient (Wildman–Crippen LogP) is 3.43. The summed E-state index contributed by atoms with van der Waals surface area (Å²) in [4.78, 5) is -0.192. The van der Waals surface area contributed by atoms with Gasteiger partial charge in [-0.25, -0.2) is 12.7 Å². The summed E-state index contributed by atoms with van der Waals surface area (Å²) in [5, 5.41) is 0. The molecule has 0 bridgehead atoms. The maximum Gasteiger partial charge on any atom is 0.534 e. The van der Waals surface area contributed by atoms with Crippen LogP contribution in [-0.4, -0.2) is 32.7 Å². The van der Waals surface area contributed by atoms with E-state index in [0.29, 0.717) is 4.31 Å². The number of aryl methyl sites for hydroxylation is 1. The third-order valence-electron chi connectivity index (χ3n) is 3.86. The Kier molecular flexibility index (Phi) is 5.95. The highest BCUT2D eigenvalue weighted by Gasteiger charge is 2.50. The van der Waals surface area contributed by atoms with Crippen LogP contribution in [0.5, 0.6) is 0 Å². The van der Waals surface area contributed by atoms with Gasteiger partial charge in [0.1, 0.15) is 0 Å². The smallest absolute Gasteiger partial charge is 0.357 e. The molecule has 0 aliphatic carbocycles. The van der Waals surface area contributed by atoms with Crippen LogP contribution in [0.3, 0.4) is 0 Å². The molecule has 0 aromatic heterocycles. The Labute approximate surface area is 156 Å². The van der Waals surface area contributed by atoms with Gasteiger partial charge in [0.05, 0.1) is 10.9 Å². The molecular formula is C16H18F3NO5S2. The van der Waals surface area contributed by atoms with Gasteiger partial charge in [-0.2, -0.15) is 21.6 Å². The van der Waals surface area contributed by atoms with Crippen LogP contribution in [0.1, 0.15) is 24.8 Å². The van der Waals surface area contributed by atoms with Crippen molar-refractivity contribution in [1.82, 2.24) is 4.31 Å². The number of hydrogen-bond acceptors (Lipinski definition) is 5. The minimum Gasteiger partial charge on any atom is -0.357 e. The van der Waals surface area contributed by atoms with E-state index in [1.165, 1.54) is 30.3 Å². The second-order valence-corrected chi connectivity index (χ2v) is 9.25. The number of rotatable bonds is 6. The number of allylic oxidation sites excluding steroid dienone is 1. The zero-order valence-electron chi connectivity index (χ0n) is 14.3. The Morgan fingerprint density at radius 1 is 1.22 bits per heavy atom. The largest absolute Gasteiger partial charge is 0.534 e. The number of halogens is 3. The van der Waals surface area contributed by atoms with Crippen molar-refractivity contribution < 1.29 is 34.2 Å². The molecule has 150 valence electrons. The Morgan fingerprint density at radius 2 is 1.81 bits per heavy atom. The molecule has 1 aromatic carbocycles. The molecule has 0 radical (unpaired) electrons. The highest BCUT2D eigenvalue weighted by molar-refractivity contribution is 7.89. The van der Waals surface area contributed by atoms with Crippen LogP contribution in [0.25, 0.3) is 0 Å². The molecule has 1 heterocycles. The van der Waals surface area contributed by atoms with Crippen LogP contribution in [0.4, 0.5) is 13.2 Å². The molecule has 0 saturated heterocycles. The van der Waals surface area contributed by atoms with Gasteiger partial charge in [0.2, 0.25) is 5.88 Å². The highest BCUT2D eigenvalue weighted by atomic mass is 32.2. The monoisotopic (exact) mass is 425 g/mol. The summed E-state index contributed by atoms with van der Waals surface area (Å²) in [5.74, 6) is -0.883. The number of nitrogens with zero attached hydrogens (tertiary/aromatic N) is 1. The zero-order valence-corrected chi connectivity index (χ0v) is 15.9. The first-order valence-corrected chi connectivity index (χ1v) is 10.7. The summed E-state index contributed by atoms with van der Waals surface area (Å²) in [6.45, 7) is 5.25. The lowest BCUT2D eigenvalue weighted by Gasteiger charge is -2.35. The topological polar surface area (TPSA) is 80.8 Å². The predicted molar refractivity (Wildman–Crippen MR) is 92.2 cm³/mol. The first-order chi connectivity index (χ1) is 12.4. The summed E-state index contributed by atoms with van der Waals surface area (Å²) in [7, 11) is -10.4. The maximum absolute atomic E-state index is 13.0. The zero-order chi connectivity index (χ0) is 20.5. The van der Waals surface area contributed by atoms with Crippen molar-refractivity contribution in [1.29, 1.82) is 0 Å². The third-order valence-corrected chi connectivity index (χ3v) is 6.68. The van der Waals surface area contributed by atoms with Gasteiger partial charge < -0.3 is 4.18 Å². The standard InChI is InChI=1S/C16H18F3NO5S2/c1-3-5-13-6-4-7-15(25-27(23,24)16(17,18)19)20(13)26(21,22)14-10-8-12(2)9-11-14/h3,7-11,13H,1,4-6H2,2H3/t13-/m1/s1. The average molecular weight is 425 g/mol. The highest BCUT2D eigenvalue weighted by Crippen LogP contribution is 2.35. The van der Waals surface area contributed by atoms with E-state index in [2.05, 4.69) is 10.8 Å². The van der Waals surface area contributed by atoms with Gasteiger partial charge in [0, 0.05) is 0 Å². The fraction of sp³-hybridized carbons (Fsp3) is 0.375. The number of hydrogen-bond donors (Lipinski definition) is 0. The minimum absolute atomic E-state index is 0.109. The van der Waals surface area contributed by atoms with Crippen LogP contribution in [0, 0.1) is 6.92 Å². The summed E-state index contributed by atoms with van der Waals surface area (Å²) in [6.07, 6.45) is 2.97. The Hall–Kier alpha value is -2.01. The van der Waals surface area contributed by atoms with Crippen molar-refractivity contribution >= 4 is 20.1 Å². The van der Waals surface area contributed by atoms with Crippen LogP contribution in [0.15, 0.2) is 53.8 Å². The van der Waals surface area contributed by atoms with Crippen molar-refractivity contribution in [3.63, 3.8) is 0 Å². The normalized spacial score (nSPS) is 18.7. The number of sulfonamides is 1. The lowest BCUT2D eigenvalue weighted by molar-refractivity contribution is -0.0535. The van der Waals surface area contributed by atoms with Crippen molar-refractivity contribution in [2.45, 2.75) is 42.6 Å². The quantitative estimate of drug-likeness (QED) is 0.396. The van der Waals surface area contributed by atoms with Crippen molar-refractivity contribution in [3.8, 4) is 0 Å². The van der Waals surface area contributed by atoms with Crippen LogP contribution >= 0.6 is 0 Å². The van der Waals surface area contributed by atoms with Crippen molar-refractivity contribution in [2.24, 2.45) is 0 Å². The van der Waals surface area contributed by atoms with Crippen LogP contribution in [-0.2, 0) is 24.3 Å². The molecule has 1 aromatic rings. The number of alkyl halides is 3. The third kappa shape index (κ3) is 4.46. The second-order valence-electron chi connectivity index (χ2n) is 5.90. The average Bonchev–Trinajstić information content (AvgIpc) is 2.54. The van der Waals surface area contributed by atoms with Gasteiger partial charge in [-0.05, 0) is 44.4 Å². The van der Waals surface area contributed by atoms with E-state index >= 15 is 0 Å². The molecule has 1 aliphatic heterocycles. The molecule has 0 N–H and O–H groups in total. The van der Waals surface area contributed by atoms with E-state index in [9.17, 15) is 30.0 Å². The van der Waals surface area contributed by atoms with Crippen molar-refractivity contribution in [3.05, 3.63) is 54.4 Å². The van der Waals surface area contributed by atoms with Gasteiger partial charge in [0.15, 0.2) is 0 Å². The van der Waals surface area contributed by atoms with E-state index in [1.54, 1.807) is 6.92 Å². The van der Waals surface area contributed by atoms with E-state index in [1.807, 2.05) is 0 Å². The molecule has 6 nitrogen and oxygen atoms in total. The van der Waals surface area contributed by atoms with Crippen LogP contribution in [0.2, 0.25) is 0 Å². The molecule has 11 heteroatoms. The Bertz CT molecular complexity index is 935. The lowest BCUT2D eigenvalue weighted by Crippen LogP contribution is -2.43. The summed E-state index contributed by atoms with van der Waals surface area (Å²) in [5.41, 5.74) is -4.90. The number of benzene rings is 1. The van der Waals surface area contributed by atoms with E-state index in [4.69, 9.17) is 0 Å². The van der Waals surface area contributed by atoms with Crippen molar-refractivity contribution in [2.75, 3.05) is 0 Å². The minimum atomic E-state index is -6.02. The van der Waals surface area contributed by atoms with Gasteiger partial charge >= 0.3 is 15.6 Å². The lowest BCUT2D eigenvalue weighted by atomic mass is 10.1. The fourth-order valence-electron chi connectivity index (χ4n) is 2.56. The van der Waals surface area contributed by atoms with Gasteiger partial charge in [-0.3, -0.25) is 0 Å². The molecule has 27 heavy (non-hydrogen) atoms. The molecule has 0 amide bonds. The maximum atomic E-state index is 13.0. The Balaban J connectivity index is 2.53. The molecule has 1 atom stereocenters. The summed E-state index contributed by atoms with van der Waals surface area (Å²) in [6, 6.07) is 4.81. The Morgan fingerprint density at radius 3 is 2.33 bits per heavy atom. The van der Waals surface area contributed by atoms with Gasteiger partial charge in [-0.1, -0.05) is 23.8 Å². The molecule has 0 fully saturated rings. The first kappa shape index (κ1) is 21.3. The first-order valence-electron chi connectivity index (χ1n) is 7.83. The molecular weight excluding hydrogens is 407 g/mol.